The van der Waals surface area contributed by atoms with E-state index in [1.54, 1.807) is 16.4 Å². The van der Waals surface area contributed by atoms with Crippen LogP contribution in [0, 0.1) is 0 Å². The summed E-state index contributed by atoms with van der Waals surface area (Å²) in [6, 6.07) is 16.9. The molecule has 0 N–H and O–H groups in total. The van der Waals surface area contributed by atoms with E-state index in [1.165, 1.54) is 0 Å². The highest BCUT2D eigenvalue weighted by atomic mass is 32.2. The first-order chi connectivity index (χ1) is 13.6. The van der Waals surface area contributed by atoms with E-state index in [9.17, 15) is 8.42 Å². The van der Waals surface area contributed by atoms with E-state index in [4.69, 9.17) is 9.15 Å². The molecule has 2 fully saturated rings. The van der Waals surface area contributed by atoms with Crippen LogP contribution in [0.3, 0.4) is 0 Å². The standard InChI is InChI=1S/C21H22N2O4S/c24-28(25,23-10-9-22-11-12-26-15-18(22)14-23)19-7-5-16(6-8-19)21-13-17-3-1-2-4-20(17)27-21/h1-8,13,18H,9-12,14-15H2. The normalized spacial score (nSPS) is 21.6. The molecule has 0 aliphatic carbocycles. The Balaban J connectivity index is 1.38. The SMILES string of the molecule is O=S(=O)(c1ccc(-c2cc3ccccc3o2)cc1)N1CCN2CCOCC2C1. The predicted octanol–water partition coefficient (Wildman–Crippen LogP) is 2.80. The second kappa shape index (κ2) is 7.00. The minimum atomic E-state index is -3.52. The summed E-state index contributed by atoms with van der Waals surface area (Å²) in [4.78, 5) is 2.64. The molecule has 28 heavy (non-hydrogen) atoms. The molecule has 0 bridgehead atoms. The highest BCUT2D eigenvalue weighted by molar-refractivity contribution is 7.89. The molecular weight excluding hydrogens is 376 g/mol. The van der Waals surface area contributed by atoms with Gasteiger partial charge in [0, 0.05) is 43.2 Å². The maximum Gasteiger partial charge on any atom is 0.243 e. The predicted molar refractivity (Wildman–Crippen MR) is 107 cm³/mol. The third-order valence-electron chi connectivity index (χ3n) is 5.60. The number of para-hydroxylation sites is 1. The Morgan fingerprint density at radius 1 is 0.964 bits per heavy atom. The van der Waals surface area contributed by atoms with Gasteiger partial charge in [-0.2, -0.15) is 4.31 Å². The summed E-state index contributed by atoms with van der Waals surface area (Å²) >= 11 is 0. The van der Waals surface area contributed by atoms with Crippen LogP contribution >= 0.6 is 0 Å². The van der Waals surface area contributed by atoms with Crippen molar-refractivity contribution in [2.75, 3.05) is 39.4 Å². The van der Waals surface area contributed by atoms with Gasteiger partial charge in [0.2, 0.25) is 10.0 Å². The fourth-order valence-corrected chi connectivity index (χ4v) is 5.47. The van der Waals surface area contributed by atoms with Crippen LogP contribution in [0.1, 0.15) is 0 Å². The Kier molecular flexibility index (Phi) is 4.47. The molecule has 2 aromatic carbocycles. The van der Waals surface area contributed by atoms with E-state index in [2.05, 4.69) is 4.90 Å². The van der Waals surface area contributed by atoms with E-state index in [0.717, 1.165) is 42.0 Å². The van der Waals surface area contributed by atoms with Gasteiger partial charge in [-0.05, 0) is 36.4 Å². The Hall–Kier alpha value is -2.19. The lowest BCUT2D eigenvalue weighted by atomic mass is 10.1. The van der Waals surface area contributed by atoms with Crippen molar-refractivity contribution in [2.24, 2.45) is 0 Å². The molecule has 1 aromatic heterocycles. The Morgan fingerprint density at radius 3 is 2.61 bits per heavy atom. The van der Waals surface area contributed by atoms with Crippen LogP contribution in [0.2, 0.25) is 0 Å². The summed E-state index contributed by atoms with van der Waals surface area (Å²) in [5.41, 5.74) is 1.68. The van der Waals surface area contributed by atoms with Crippen LogP contribution in [-0.2, 0) is 14.8 Å². The van der Waals surface area contributed by atoms with Crippen molar-refractivity contribution in [2.45, 2.75) is 10.9 Å². The van der Waals surface area contributed by atoms with Gasteiger partial charge in [0.05, 0.1) is 18.1 Å². The van der Waals surface area contributed by atoms with Crippen molar-refractivity contribution in [1.29, 1.82) is 0 Å². The second-order valence-corrected chi connectivity index (χ2v) is 9.24. The van der Waals surface area contributed by atoms with Crippen LogP contribution in [0.4, 0.5) is 0 Å². The van der Waals surface area contributed by atoms with Crippen molar-refractivity contribution in [3.05, 3.63) is 54.6 Å². The van der Waals surface area contributed by atoms with Crippen molar-refractivity contribution >= 4 is 21.0 Å². The van der Waals surface area contributed by atoms with Gasteiger partial charge < -0.3 is 9.15 Å². The molecule has 0 saturated carbocycles. The largest absolute Gasteiger partial charge is 0.456 e. The summed E-state index contributed by atoms with van der Waals surface area (Å²) in [5, 5.41) is 1.03. The van der Waals surface area contributed by atoms with Gasteiger partial charge in [0.1, 0.15) is 11.3 Å². The van der Waals surface area contributed by atoms with E-state index >= 15 is 0 Å². The number of hydrogen-bond acceptors (Lipinski definition) is 5. The summed E-state index contributed by atoms with van der Waals surface area (Å²) in [6.07, 6.45) is 0. The molecule has 0 amide bonds. The van der Waals surface area contributed by atoms with Gasteiger partial charge in [-0.3, -0.25) is 4.90 Å². The lowest BCUT2D eigenvalue weighted by Gasteiger charge is -2.43. The summed E-state index contributed by atoms with van der Waals surface area (Å²) in [7, 11) is -3.52. The molecular formula is C21H22N2O4S. The number of rotatable bonds is 3. The molecule has 5 rings (SSSR count). The van der Waals surface area contributed by atoms with Crippen LogP contribution in [-0.4, -0.2) is 63.1 Å². The molecule has 146 valence electrons. The molecule has 1 atom stereocenters. The van der Waals surface area contributed by atoms with E-state index in [-0.39, 0.29) is 6.04 Å². The number of furan rings is 1. The molecule has 3 heterocycles. The number of ether oxygens (including phenoxy) is 1. The van der Waals surface area contributed by atoms with Crippen molar-refractivity contribution in [3.63, 3.8) is 0 Å². The van der Waals surface area contributed by atoms with Crippen LogP contribution in [0.25, 0.3) is 22.3 Å². The van der Waals surface area contributed by atoms with Crippen LogP contribution in [0.5, 0.6) is 0 Å². The fraction of sp³-hybridized carbons (Fsp3) is 0.333. The van der Waals surface area contributed by atoms with Crippen molar-refractivity contribution in [1.82, 2.24) is 9.21 Å². The first-order valence-corrected chi connectivity index (χ1v) is 11.0. The maximum absolute atomic E-state index is 13.1. The smallest absolute Gasteiger partial charge is 0.243 e. The summed E-state index contributed by atoms with van der Waals surface area (Å²) in [6.45, 7) is 3.95. The third-order valence-corrected chi connectivity index (χ3v) is 7.48. The molecule has 2 aliphatic rings. The fourth-order valence-electron chi connectivity index (χ4n) is 4.00. The lowest BCUT2D eigenvalue weighted by Crippen LogP contribution is -2.58. The molecule has 1 unspecified atom stereocenters. The Bertz CT molecular complexity index is 1060. The number of nitrogens with zero attached hydrogens (tertiary/aromatic N) is 2. The van der Waals surface area contributed by atoms with Crippen molar-refractivity contribution < 1.29 is 17.6 Å². The number of morpholine rings is 1. The lowest BCUT2D eigenvalue weighted by molar-refractivity contribution is -0.0304. The van der Waals surface area contributed by atoms with Crippen molar-refractivity contribution in [3.8, 4) is 11.3 Å². The average Bonchev–Trinajstić information content (AvgIpc) is 3.18. The molecule has 7 heteroatoms. The zero-order chi connectivity index (χ0) is 19.1. The summed E-state index contributed by atoms with van der Waals surface area (Å²) in [5.74, 6) is 0.734. The van der Waals surface area contributed by atoms with Gasteiger partial charge in [0.15, 0.2) is 0 Å². The van der Waals surface area contributed by atoms with Gasteiger partial charge in [0.25, 0.3) is 0 Å². The zero-order valence-corrected chi connectivity index (χ0v) is 16.3. The molecule has 6 nitrogen and oxygen atoms in total. The van der Waals surface area contributed by atoms with Crippen LogP contribution in [0.15, 0.2) is 63.9 Å². The molecule has 0 radical (unpaired) electrons. The quantitative estimate of drug-likeness (QED) is 0.679. The van der Waals surface area contributed by atoms with Gasteiger partial charge >= 0.3 is 0 Å². The Morgan fingerprint density at radius 2 is 1.79 bits per heavy atom. The minimum Gasteiger partial charge on any atom is -0.456 e. The number of hydrogen-bond donors (Lipinski definition) is 0. The van der Waals surface area contributed by atoms with Gasteiger partial charge in [-0.25, -0.2) is 8.42 Å². The average molecular weight is 398 g/mol. The topological polar surface area (TPSA) is 63.0 Å². The zero-order valence-electron chi connectivity index (χ0n) is 15.5. The third kappa shape index (κ3) is 3.14. The monoisotopic (exact) mass is 398 g/mol. The highest BCUT2D eigenvalue weighted by Gasteiger charge is 2.35. The number of benzene rings is 2. The molecule has 0 spiro atoms. The number of sulfonamides is 1. The number of fused-ring (bicyclic) bond motifs is 2. The maximum atomic E-state index is 13.1. The molecule has 2 aliphatic heterocycles. The highest BCUT2D eigenvalue weighted by Crippen LogP contribution is 2.29. The van der Waals surface area contributed by atoms with E-state index < -0.39 is 10.0 Å². The molecule has 3 aromatic rings. The summed E-state index contributed by atoms with van der Waals surface area (Å²) < 4.78 is 39.2. The van der Waals surface area contributed by atoms with Crippen LogP contribution < -0.4 is 0 Å². The second-order valence-electron chi connectivity index (χ2n) is 7.30. The molecule has 2 saturated heterocycles. The minimum absolute atomic E-state index is 0.145. The Labute approximate surface area is 164 Å². The van der Waals surface area contributed by atoms with E-state index in [0.29, 0.717) is 24.6 Å². The number of piperazine rings is 1. The van der Waals surface area contributed by atoms with Gasteiger partial charge in [-0.15, -0.1) is 0 Å². The first kappa shape index (κ1) is 17.9. The van der Waals surface area contributed by atoms with E-state index in [1.807, 2.05) is 42.5 Å². The van der Waals surface area contributed by atoms with Gasteiger partial charge in [-0.1, -0.05) is 18.2 Å². The first-order valence-electron chi connectivity index (χ1n) is 9.52.